The Hall–Kier alpha value is -0.840. The predicted octanol–water partition coefficient (Wildman–Crippen LogP) is 3.09. The van der Waals surface area contributed by atoms with Crippen molar-refractivity contribution in [1.29, 1.82) is 0 Å². The minimum Gasteiger partial charge on any atom is -0.382 e. The fourth-order valence-electron chi connectivity index (χ4n) is 1.62. The summed E-state index contributed by atoms with van der Waals surface area (Å²) in [5, 5.41) is 18.8. The molecule has 0 fully saturated rings. The number of aliphatic hydroxyl groups is 1. The highest BCUT2D eigenvalue weighted by molar-refractivity contribution is 7.07. The number of hydrogen-bond donors (Lipinski definition) is 1. The molecule has 2 heterocycles. The first-order chi connectivity index (χ1) is 7.74. The summed E-state index contributed by atoms with van der Waals surface area (Å²) in [5.41, 5.74) is 1.55. The van der Waals surface area contributed by atoms with Gasteiger partial charge in [0.1, 0.15) is 6.10 Å². The van der Waals surface area contributed by atoms with Gasteiger partial charge in [0.2, 0.25) is 0 Å². The highest BCUT2D eigenvalue weighted by Gasteiger charge is 2.19. The van der Waals surface area contributed by atoms with Crippen LogP contribution in [0.25, 0.3) is 0 Å². The number of halogens is 1. The van der Waals surface area contributed by atoms with Crippen LogP contribution in [0, 0.1) is 0 Å². The van der Waals surface area contributed by atoms with E-state index in [0.717, 1.165) is 18.5 Å². The number of aromatic nitrogens is 2. The van der Waals surface area contributed by atoms with E-state index >= 15 is 0 Å². The van der Waals surface area contributed by atoms with Gasteiger partial charge in [-0.2, -0.15) is 16.4 Å². The van der Waals surface area contributed by atoms with Crippen molar-refractivity contribution in [1.82, 2.24) is 9.78 Å². The molecule has 1 atom stereocenters. The van der Waals surface area contributed by atoms with Crippen LogP contribution in [0.4, 0.5) is 0 Å². The molecular formula is C11H13ClN2OS. The van der Waals surface area contributed by atoms with E-state index in [0.29, 0.717) is 10.7 Å². The van der Waals surface area contributed by atoms with E-state index in [1.165, 1.54) is 0 Å². The van der Waals surface area contributed by atoms with E-state index < -0.39 is 6.10 Å². The van der Waals surface area contributed by atoms with E-state index in [-0.39, 0.29) is 0 Å². The van der Waals surface area contributed by atoms with Crippen LogP contribution in [0.1, 0.15) is 30.7 Å². The molecule has 0 amide bonds. The smallest absolute Gasteiger partial charge is 0.123 e. The van der Waals surface area contributed by atoms with Crippen LogP contribution < -0.4 is 0 Å². The first-order valence-electron chi connectivity index (χ1n) is 5.15. The van der Waals surface area contributed by atoms with Crippen molar-refractivity contribution in [3.05, 3.63) is 39.3 Å². The second kappa shape index (κ2) is 4.99. The summed E-state index contributed by atoms with van der Waals surface area (Å²) in [6.45, 7) is 2.83. The number of thiophene rings is 1. The molecule has 2 aromatic rings. The van der Waals surface area contributed by atoms with Crippen LogP contribution in [0.2, 0.25) is 5.02 Å². The molecule has 2 aromatic heterocycles. The number of aryl methyl sites for hydroxylation is 1. The summed E-state index contributed by atoms with van der Waals surface area (Å²) < 4.78 is 1.77. The summed E-state index contributed by atoms with van der Waals surface area (Å²) in [6.07, 6.45) is 1.86. The minimum absolute atomic E-state index is 0.521. The van der Waals surface area contributed by atoms with Crippen LogP contribution in [-0.4, -0.2) is 14.9 Å². The molecule has 1 unspecified atom stereocenters. The lowest BCUT2D eigenvalue weighted by Gasteiger charge is -2.12. The third kappa shape index (κ3) is 2.14. The van der Waals surface area contributed by atoms with Crippen LogP contribution in [-0.2, 0) is 6.54 Å². The van der Waals surface area contributed by atoms with Crippen molar-refractivity contribution in [2.24, 2.45) is 0 Å². The molecule has 0 aliphatic heterocycles. The van der Waals surface area contributed by atoms with Gasteiger partial charge in [0.25, 0.3) is 0 Å². The highest BCUT2D eigenvalue weighted by atomic mass is 35.5. The molecule has 3 nitrogen and oxygen atoms in total. The van der Waals surface area contributed by atoms with Gasteiger partial charge in [-0.05, 0) is 28.8 Å². The van der Waals surface area contributed by atoms with Crippen LogP contribution in [0.15, 0.2) is 23.0 Å². The third-order valence-electron chi connectivity index (χ3n) is 2.39. The number of nitrogens with zero attached hydrogens (tertiary/aromatic N) is 2. The molecule has 5 heteroatoms. The van der Waals surface area contributed by atoms with Crippen LogP contribution in [0.3, 0.4) is 0 Å². The van der Waals surface area contributed by atoms with Gasteiger partial charge < -0.3 is 5.11 Å². The molecule has 2 rings (SSSR count). The number of hydrogen-bond acceptors (Lipinski definition) is 3. The van der Waals surface area contributed by atoms with E-state index in [2.05, 4.69) is 12.0 Å². The van der Waals surface area contributed by atoms with Crippen molar-refractivity contribution in [2.75, 3.05) is 0 Å². The molecule has 16 heavy (non-hydrogen) atoms. The summed E-state index contributed by atoms with van der Waals surface area (Å²) in [4.78, 5) is 0. The molecule has 0 radical (unpaired) electrons. The van der Waals surface area contributed by atoms with Crippen molar-refractivity contribution in [2.45, 2.75) is 26.0 Å². The normalized spacial score (nSPS) is 12.9. The Morgan fingerprint density at radius 2 is 2.44 bits per heavy atom. The average molecular weight is 257 g/mol. The first kappa shape index (κ1) is 11.6. The number of aliphatic hydroxyl groups excluding tert-OH is 1. The van der Waals surface area contributed by atoms with Gasteiger partial charge in [0.15, 0.2) is 0 Å². The van der Waals surface area contributed by atoms with Gasteiger partial charge in [-0.3, -0.25) is 4.68 Å². The van der Waals surface area contributed by atoms with Gasteiger partial charge in [-0.25, -0.2) is 0 Å². The molecule has 0 aliphatic rings. The third-order valence-corrected chi connectivity index (χ3v) is 3.38. The van der Waals surface area contributed by atoms with Crippen LogP contribution >= 0.6 is 22.9 Å². The summed E-state index contributed by atoms with van der Waals surface area (Å²) in [7, 11) is 0. The maximum atomic E-state index is 10.2. The largest absolute Gasteiger partial charge is 0.382 e. The standard InChI is InChI=1S/C11H13ClN2OS/c1-2-4-14-10(9(12)6-13-14)11(15)8-3-5-16-7-8/h3,5-7,11,15H,2,4H2,1H3. The molecule has 86 valence electrons. The Labute approximate surface area is 103 Å². The molecule has 0 spiro atoms. The van der Waals surface area contributed by atoms with Gasteiger partial charge in [0, 0.05) is 6.54 Å². The topological polar surface area (TPSA) is 38.0 Å². The molecule has 0 bridgehead atoms. The lowest BCUT2D eigenvalue weighted by atomic mass is 10.1. The molecule has 0 saturated carbocycles. The fourth-order valence-corrected chi connectivity index (χ4v) is 2.55. The maximum absolute atomic E-state index is 10.2. The molecule has 0 saturated heterocycles. The highest BCUT2D eigenvalue weighted by Crippen LogP contribution is 2.29. The Balaban J connectivity index is 2.35. The fraction of sp³-hybridized carbons (Fsp3) is 0.364. The van der Waals surface area contributed by atoms with Crippen molar-refractivity contribution >= 4 is 22.9 Å². The van der Waals surface area contributed by atoms with E-state index in [1.54, 1.807) is 22.2 Å². The van der Waals surface area contributed by atoms with Gasteiger partial charge in [-0.1, -0.05) is 18.5 Å². The quantitative estimate of drug-likeness (QED) is 0.913. The van der Waals surface area contributed by atoms with Crippen molar-refractivity contribution in [3.8, 4) is 0 Å². The average Bonchev–Trinajstić information content (AvgIpc) is 2.88. The lowest BCUT2D eigenvalue weighted by molar-refractivity contribution is 0.208. The Bertz CT molecular complexity index is 453. The Morgan fingerprint density at radius 1 is 1.62 bits per heavy atom. The Kier molecular flexibility index (Phi) is 3.63. The molecule has 1 N–H and O–H groups in total. The zero-order valence-corrected chi connectivity index (χ0v) is 10.5. The first-order valence-corrected chi connectivity index (χ1v) is 6.47. The number of rotatable bonds is 4. The summed E-state index contributed by atoms with van der Waals surface area (Å²) in [5.74, 6) is 0. The summed E-state index contributed by atoms with van der Waals surface area (Å²) >= 11 is 7.61. The Morgan fingerprint density at radius 3 is 3.06 bits per heavy atom. The molecule has 0 aromatic carbocycles. The zero-order valence-electron chi connectivity index (χ0n) is 8.93. The van der Waals surface area contributed by atoms with Gasteiger partial charge in [-0.15, -0.1) is 0 Å². The van der Waals surface area contributed by atoms with Gasteiger partial charge >= 0.3 is 0 Å². The maximum Gasteiger partial charge on any atom is 0.123 e. The second-order valence-corrected chi connectivity index (χ2v) is 4.75. The predicted molar refractivity (Wildman–Crippen MR) is 65.9 cm³/mol. The monoisotopic (exact) mass is 256 g/mol. The lowest BCUT2D eigenvalue weighted by Crippen LogP contribution is -2.10. The molecule has 0 aliphatic carbocycles. The van der Waals surface area contributed by atoms with E-state index in [4.69, 9.17) is 11.6 Å². The van der Waals surface area contributed by atoms with E-state index in [9.17, 15) is 5.11 Å². The SMILES string of the molecule is CCCn1ncc(Cl)c1C(O)c1ccsc1. The van der Waals surface area contributed by atoms with Gasteiger partial charge in [0.05, 0.1) is 16.9 Å². The zero-order chi connectivity index (χ0) is 11.5. The summed E-state index contributed by atoms with van der Waals surface area (Å²) in [6, 6.07) is 1.90. The van der Waals surface area contributed by atoms with E-state index in [1.807, 2.05) is 16.8 Å². The second-order valence-electron chi connectivity index (χ2n) is 3.56. The van der Waals surface area contributed by atoms with Crippen molar-refractivity contribution < 1.29 is 5.11 Å². The van der Waals surface area contributed by atoms with Crippen molar-refractivity contribution in [3.63, 3.8) is 0 Å². The molecular weight excluding hydrogens is 244 g/mol. The minimum atomic E-state index is -0.687. The van der Waals surface area contributed by atoms with Crippen LogP contribution in [0.5, 0.6) is 0 Å².